The Kier molecular flexibility index (Phi) is 6.60. The average Bonchev–Trinajstić information content (AvgIpc) is 3.16. The van der Waals surface area contributed by atoms with Gasteiger partial charge in [0.25, 0.3) is 0 Å². The first kappa shape index (κ1) is 19.8. The van der Waals surface area contributed by atoms with Crippen molar-refractivity contribution in [1.29, 1.82) is 0 Å². The number of halogens is 1. The molecule has 1 aromatic heterocycles. The molecule has 0 saturated carbocycles. The van der Waals surface area contributed by atoms with E-state index in [9.17, 15) is 9.18 Å². The molecule has 146 valence electrons. The maximum Gasteiger partial charge on any atom is 0.225 e. The number of nitrogens with one attached hydrogen (secondary N) is 1. The third-order valence-corrected chi connectivity index (χ3v) is 5.21. The van der Waals surface area contributed by atoms with Crippen LogP contribution in [0.15, 0.2) is 48.7 Å². The van der Waals surface area contributed by atoms with E-state index < -0.39 is 0 Å². The summed E-state index contributed by atoms with van der Waals surface area (Å²) in [4.78, 5) is 17.2. The summed E-state index contributed by atoms with van der Waals surface area (Å²) in [6.07, 6.45) is 2.52. The first-order valence-corrected chi connectivity index (χ1v) is 9.59. The molecule has 0 atom stereocenters. The van der Waals surface area contributed by atoms with E-state index in [1.165, 1.54) is 17.4 Å². The van der Waals surface area contributed by atoms with E-state index >= 15 is 0 Å². The summed E-state index contributed by atoms with van der Waals surface area (Å²) < 4.78 is 24.4. The van der Waals surface area contributed by atoms with Crippen LogP contribution in [0.3, 0.4) is 0 Å². The van der Waals surface area contributed by atoms with Crippen molar-refractivity contribution in [2.45, 2.75) is 12.8 Å². The maximum absolute atomic E-state index is 13.8. The number of rotatable bonds is 8. The van der Waals surface area contributed by atoms with Crippen LogP contribution >= 0.6 is 11.3 Å². The van der Waals surface area contributed by atoms with Crippen molar-refractivity contribution >= 4 is 17.2 Å². The lowest BCUT2D eigenvalue weighted by Gasteiger charge is -2.10. The van der Waals surface area contributed by atoms with Crippen LogP contribution in [-0.4, -0.2) is 31.7 Å². The van der Waals surface area contributed by atoms with Gasteiger partial charge in [-0.05, 0) is 36.2 Å². The SMILES string of the molecule is COc1ccc(CCNC(=O)Cc2cnc(-c3ccccc3F)s2)cc1OC. The number of benzene rings is 2. The van der Waals surface area contributed by atoms with E-state index in [4.69, 9.17) is 9.47 Å². The number of hydrogen-bond donors (Lipinski definition) is 1. The largest absolute Gasteiger partial charge is 0.493 e. The number of methoxy groups -OCH3 is 2. The Hall–Kier alpha value is -2.93. The van der Waals surface area contributed by atoms with Gasteiger partial charge in [-0.15, -0.1) is 11.3 Å². The van der Waals surface area contributed by atoms with Gasteiger partial charge in [0.2, 0.25) is 5.91 Å². The second-order valence-corrected chi connectivity index (χ2v) is 7.19. The molecule has 0 radical (unpaired) electrons. The molecule has 28 heavy (non-hydrogen) atoms. The molecule has 0 fully saturated rings. The van der Waals surface area contributed by atoms with E-state index in [1.807, 2.05) is 18.2 Å². The zero-order chi connectivity index (χ0) is 19.9. The fourth-order valence-corrected chi connectivity index (χ4v) is 3.69. The van der Waals surface area contributed by atoms with Gasteiger partial charge in [0.15, 0.2) is 11.5 Å². The molecule has 0 spiro atoms. The van der Waals surface area contributed by atoms with Crippen LogP contribution in [0, 0.1) is 5.82 Å². The number of nitrogens with zero attached hydrogens (tertiary/aromatic N) is 1. The van der Waals surface area contributed by atoms with Crippen LogP contribution in [-0.2, 0) is 17.6 Å². The molecule has 0 saturated heterocycles. The predicted molar refractivity (Wildman–Crippen MR) is 107 cm³/mol. The minimum atomic E-state index is -0.317. The number of aromatic nitrogens is 1. The predicted octanol–water partition coefficient (Wildman–Crippen LogP) is 3.87. The summed E-state index contributed by atoms with van der Waals surface area (Å²) in [5.74, 6) is 0.926. The highest BCUT2D eigenvalue weighted by atomic mass is 32.1. The molecule has 1 heterocycles. The molecule has 0 bridgehead atoms. The number of thiazole rings is 1. The number of hydrogen-bond acceptors (Lipinski definition) is 5. The highest BCUT2D eigenvalue weighted by molar-refractivity contribution is 7.15. The van der Waals surface area contributed by atoms with Gasteiger partial charge >= 0.3 is 0 Å². The number of ether oxygens (including phenoxy) is 2. The molecule has 0 aliphatic carbocycles. The molecule has 3 rings (SSSR count). The molecule has 7 heteroatoms. The summed E-state index contributed by atoms with van der Waals surface area (Å²) in [7, 11) is 3.18. The normalized spacial score (nSPS) is 10.5. The Bertz CT molecular complexity index is 958. The fraction of sp³-hybridized carbons (Fsp3) is 0.238. The Labute approximate surface area is 167 Å². The molecular weight excluding hydrogens is 379 g/mol. The standard InChI is InChI=1S/C21H21FN2O3S/c1-26-18-8-7-14(11-19(18)27-2)9-10-23-20(25)12-15-13-24-21(28-15)16-5-3-4-6-17(16)22/h3-8,11,13H,9-10,12H2,1-2H3,(H,23,25). The molecule has 0 aliphatic rings. The van der Waals surface area contributed by atoms with Crippen molar-refractivity contribution in [3.05, 3.63) is 64.9 Å². The first-order chi connectivity index (χ1) is 13.6. The zero-order valence-electron chi connectivity index (χ0n) is 15.7. The molecule has 2 aromatic carbocycles. The molecule has 0 aliphatic heterocycles. The molecule has 0 unspecified atom stereocenters. The summed E-state index contributed by atoms with van der Waals surface area (Å²) in [6, 6.07) is 12.2. The maximum atomic E-state index is 13.8. The lowest BCUT2D eigenvalue weighted by molar-refractivity contribution is -0.120. The third kappa shape index (κ3) is 4.86. The van der Waals surface area contributed by atoms with Crippen molar-refractivity contribution in [3.8, 4) is 22.1 Å². The van der Waals surface area contributed by atoms with E-state index in [0.717, 1.165) is 10.4 Å². The van der Waals surface area contributed by atoms with Gasteiger partial charge < -0.3 is 14.8 Å². The van der Waals surface area contributed by atoms with Crippen LogP contribution < -0.4 is 14.8 Å². The van der Waals surface area contributed by atoms with Gasteiger partial charge in [-0.2, -0.15) is 0 Å². The summed E-state index contributed by atoms with van der Waals surface area (Å²) in [5, 5.41) is 3.48. The average molecular weight is 400 g/mol. The van der Waals surface area contributed by atoms with Crippen molar-refractivity contribution in [1.82, 2.24) is 10.3 Å². The molecular formula is C21H21FN2O3S. The van der Waals surface area contributed by atoms with Gasteiger partial charge in [0.05, 0.1) is 20.6 Å². The Balaban J connectivity index is 1.52. The topological polar surface area (TPSA) is 60.5 Å². The second kappa shape index (κ2) is 9.32. The first-order valence-electron chi connectivity index (χ1n) is 8.78. The fourth-order valence-electron chi connectivity index (χ4n) is 2.75. The lowest BCUT2D eigenvalue weighted by Crippen LogP contribution is -2.26. The minimum absolute atomic E-state index is 0.0933. The number of carbonyl (C=O) groups is 1. The van der Waals surface area contributed by atoms with Gasteiger partial charge in [0, 0.05) is 23.2 Å². The lowest BCUT2D eigenvalue weighted by atomic mass is 10.1. The molecule has 5 nitrogen and oxygen atoms in total. The minimum Gasteiger partial charge on any atom is -0.493 e. The Morgan fingerprint density at radius 1 is 1.14 bits per heavy atom. The van der Waals surface area contributed by atoms with Crippen molar-refractivity contribution in [2.24, 2.45) is 0 Å². The van der Waals surface area contributed by atoms with E-state index in [-0.39, 0.29) is 18.1 Å². The van der Waals surface area contributed by atoms with Gasteiger partial charge in [-0.1, -0.05) is 18.2 Å². The van der Waals surface area contributed by atoms with Crippen molar-refractivity contribution in [3.63, 3.8) is 0 Å². The number of amides is 1. The van der Waals surface area contributed by atoms with Gasteiger partial charge in [0.1, 0.15) is 10.8 Å². The van der Waals surface area contributed by atoms with Crippen LogP contribution in [0.4, 0.5) is 4.39 Å². The highest BCUT2D eigenvalue weighted by Gasteiger charge is 2.12. The quantitative estimate of drug-likeness (QED) is 0.624. The smallest absolute Gasteiger partial charge is 0.225 e. The molecule has 1 amide bonds. The van der Waals surface area contributed by atoms with Crippen LogP contribution in [0.1, 0.15) is 10.4 Å². The summed E-state index contributed by atoms with van der Waals surface area (Å²) >= 11 is 1.32. The van der Waals surface area contributed by atoms with Crippen LogP contribution in [0.2, 0.25) is 0 Å². The third-order valence-electron chi connectivity index (χ3n) is 4.18. The highest BCUT2D eigenvalue weighted by Crippen LogP contribution is 2.28. The van der Waals surface area contributed by atoms with Gasteiger partial charge in [-0.3, -0.25) is 4.79 Å². The van der Waals surface area contributed by atoms with Crippen molar-refractivity contribution in [2.75, 3.05) is 20.8 Å². The summed E-state index contributed by atoms with van der Waals surface area (Å²) in [6.45, 7) is 0.507. The molecule has 3 aromatic rings. The van der Waals surface area contributed by atoms with Gasteiger partial charge in [-0.25, -0.2) is 9.37 Å². The van der Waals surface area contributed by atoms with Crippen molar-refractivity contribution < 1.29 is 18.7 Å². The van der Waals surface area contributed by atoms with E-state index in [1.54, 1.807) is 38.6 Å². The van der Waals surface area contributed by atoms with Crippen LogP contribution in [0.5, 0.6) is 11.5 Å². The Morgan fingerprint density at radius 2 is 1.93 bits per heavy atom. The molecule has 1 N–H and O–H groups in total. The Morgan fingerprint density at radius 3 is 2.68 bits per heavy atom. The summed E-state index contributed by atoms with van der Waals surface area (Å²) in [5.41, 5.74) is 1.49. The number of carbonyl (C=O) groups excluding carboxylic acids is 1. The second-order valence-electron chi connectivity index (χ2n) is 6.08. The van der Waals surface area contributed by atoms with Crippen LogP contribution in [0.25, 0.3) is 10.6 Å². The van der Waals surface area contributed by atoms with E-state index in [2.05, 4.69) is 10.3 Å². The monoisotopic (exact) mass is 400 g/mol. The van der Waals surface area contributed by atoms with E-state index in [0.29, 0.717) is 35.0 Å². The zero-order valence-corrected chi connectivity index (χ0v) is 16.5.